The number of imide groups is 1. The van der Waals surface area contributed by atoms with Gasteiger partial charge in [-0.3, -0.25) is 14.5 Å². The third-order valence-corrected chi connectivity index (χ3v) is 5.04. The van der Waals surface area contributed by atoms with Crippen molar-refractivity contribution in [3.63, 3.8) is 0 Å². The zero-order chi connectivity index (χ0) is 18.7. The second kappa shape index (κ2) is 7.30. The van der Waals surface area contributed by atoms with E-state index < -0.39 is 23.4 Å². The fraction of sp³-hybridized carbons (Fsp3) is 0.353. The lowest BCUT2D eigenvalue weighted by molar-refractivity contribution is -0.153. The molecular formula is C17H19N3O5S. The lowest BCUT2D eigenvalue weighted by Crippen LogP contribution is -2.59. The minimum absolute atomic E-state index is 0.113. The van der Waals surface area contributed by atoms with Crippen LogP contribution >= 0.6 is 11.3 Å². The predicted octanol–water partition coefficient (Wildman–Crippen LogP) is 0.977. The number of nitrogens with one attached hydrogen (secondary N) is 1. The first-order chi connectivity index (χ1) is 12.5. The maximum atomic E-state index is 12.4. The Kier molecular flexibility index (Phi) is 5.10. The standard InChI is InChI=1S/C17H19N3O5S/c1-2-19-6-7-20(15(22)14(19)21)16(23)18-11-17(24,12-5-9-26-10-12)13-4-3-8-25-13/h3-5,8-10,24H,2,6-7,11H2,1H3,(H,18,23). The van der Waals surface area contributed by atoms with E-state index >= 15 is 0 Å². The molecule has 2 aromatic heterocycles. The smallest absolute Gasteiger partial charge is 0.324 e. The minimum atomic E-state index is -1.57. The number of aliphatic hydroxyl groups is 1. The molecule has 138 valence electrons. The Morgan fingerprint density at radius 1 is 1.35 bits per heavy atom. The summed E-state index contributed by atoms with van der Waals surface area (Å²) in [6.07, 6.45) is 1.43. The molecule has 0 spiro atoms. The predicted molar refractivity (Wildman–Crippen MR) is 93.4 cm³/mol. The average molecular weight is 377 g/mol. The largest absolute Gasteiger partial charge is 0.466 e. The van der Waals surface area contributed by atoms with Gasteiger partial charge in [0.15, 0.2) is 5.60 Å². The molecule has 9 heteroatoms. The molecule has 26 heavy (non-hydrogen) atoms. The molecule has 1 unspecified atom stereocenters. The summed E-state index contributed by atoms with van der Waals surface area (Å²) in [6, 6.07) is 4.26. The molecule has 0 aliphatic carbocycles. The molecule has 2 aromatic rings. The van der Waals surface area contributed by atoms with Gasteiger partial charge in [0.25, 0.3) is 0 Å². The van der Waals surface area contributed by atoms with Crippen LogP contribution in [-0.4, -0.2) is 58.9 Å². The number of carbonyl (C=O) groups excluding carboxylic acids is 3. The van der Waals surface area contributed by atoms with E-state index in [-0.39, 0.29) is 18.8 Å². The van der Waals surface area contributed by atoms with Crippen molar-refractivity contribution in [2.24, 2.45) is 0 Å². The zero-order valence-corrected chi connectivity index (χ0v) is 15.0. The number of likely N-dealkylation sites (N-methyl/N-ethyl adjacent to an activating group) is 1. The van der Waals surface area contributed by atoms with Crippen molar-refractivity contribution in [3.05, 3.63) is 46.5 Å². The van der Waals surface area contributed by atoms with E-state index in [1.54, 1.807) is 35.9 Å². The van der Waals surface area contributed by atoms with Crippen LogP contribution in [0, 0.1) is 0 Å². The van der Waals surface area contributed by atoms with Gasteiger partial charge in [0.1, 0.15) is 5.76 Å². The zero-order valence-electron chi connectivity index (χ0n) is 14.2. The normalized spacial score (nSPS) is 17.3. The van der Waals surface area contributed by atoms with Gasteiger partial charge in [-0.15, -0.1) is 0 Å². The number of thiophene rings is 1. The van der Waals surface area contributed by atoms with Crippen LogP contribution in [0.5, 0.6) is 0 Å². The maximum Gasteiger partial charge on any atom is 0.324 e. The van der Waals surface area contributed by atoms with Gasteiger partial charge in [-0.1, -0.05) is 0 Å². The van der Waals surface area contributed by atoms with E-state index in [0.29, 0.717) is 18.7 Å². The Labute approximate surface area is 154 Å². The molecule has 1 aliphatic rings. The summed E-state index contributed by atoms with van der Waals surface area (Å²) < 4.78 is 5.33. The number of furan rings is 1. The molecule has 3 rings (SSSR count). The average Bonchev–Trinajstić information content (AvgIpc) is 3.35. The minimum Gasteiger partial charge on any atom is -0.466 e. The van der Waals surface area contributed by atoms with E-state index in [9.17, 15) is 19.5 Å². The van der Waals surface area contributed by atoms with Crippen molar-refractivity contribution in [1.29, 1.82) is 0 Å². The van der Waals surface area contributed by atoms with E-state index in [2.05, 4.69) is 5.32 Å². The molecule has 0 radical (unpaired) electrons. The lowest BCUT2D eigenvalue weighted by atomic mass is 9.93. The molecule has 4 amide bonds. The Morgan fingerprint density at radius 2 is 2.15 bits per heavy atom. The molecule has 0 bridgehead atoms. The molecule has 8 nitrogen and oxygen atoms in total. The van der Waals surface area contributed by atoms with E-state index in [1.165, 1.54) is 22.5 Å². The van der Waals surface area contributed by atoms with Crippen LogP contribution < -0.4 is 5.32 Å². The maximum absolute atomic E-state index is 12.4. The van der Waals surface area contributed by atoms with Crippen molar-refractivity contribution in [2.45, 2.75) is 12.5 Å². The number of urea groups is 1. The van der Waals surface area contributed by atoms with Crippen LogP contribution in [0.4, 0.5) is 4.79 Å². The third kappa shape index (κ3) is 3.23. The molecule has 1 atom stereocenters. The van der Waals surface area contributed by atoms with Crippen LogP contribution in [0.15, 0.2) is 39.6 Å². The summed E-state index contributed by atoms with van der Waals surface area (Å²) >= 11 is 1.40. The summed E-state index contributed by atoms with van der Waals surface area (Å²) in [4.78, 5) is 38.7. The highest BCUT2D eigenvalue weighted by Crippen LogP contribution is 2.31. The highest BCUT2D eigenvalue weighted by Gasteiger charge is 2.39. The first-order valence-electron chi connectivity index (χ1n) is 8.15. The second-order valence-corrected chi connectivity index (χ2v) is 6.63. The monoisotopic (exact) mass is 377 g/mol. The highest BCUT2D eigenvalue weighted by molar-refractivity contribution is 7.08. The van der Waals surface area contributed by atoms with Gasteiger partial charge < -0.3 is 19.7 Å². The van der Waals surface area contributed by atoms with Crippen molar-refractivity contribution in [1.82, 2.24) is 15.1 Å². The Hall–Kier alpha value is -2.65. The number of nitrogens with zero attached hydrogens (tertiary/aromatic N) is 2. The molecule has 0 aromatic carbocycles. The van der Waals surface area contributed by atoms with Crippen LogP contribution in [0.25, 0.3) is 0 Å². The van der Waals surface area contributed by atoms with Gasteiger partial charge in [-0.25, -0.2) is 4.79 Å². The number of amides is 4. The second-order valence-electron chi connectivity index (χ2n) is 5.85. The van der Waals surface area contributed by atoms with E-state index in [1.807, 2.05) is 0 Å². The van der Waals surface area contributed by atoms with Crippen molar-refractivity contribution >= 4 is 29.2 Å². The summed E-state index contributed by atoms with van der Waals surface area (Å²) in [5.74, 6) is -1.30. The molecule has 0 saturated carbocycles. The molecule has 1 fully saturated rings. The van der Waals surface area contributed by atoms with Crippen molar-refractivity contribution in [3.8, 4) is 0 Å². The summed E-state index contributed by atoms with van der Waals surface area (Å²) in [5, 5.41) is 17.2. The number of piperazine rings is 1. The molecular weight excluding hydrogens is 358 g/mol. The first-order valence-corrected chi connectivity index (χ1v) is 9.09. The summed E-state index contributed by atoms with van der Waals surface area (Å²) in [7, 11) is 0. The summed E-state index contributed by atoms with van der Waals surface area (Å²) in [6.45, 7) is 2.39. The number of rotatable bonds is 5. The fourth-order valence-corrected chi connectivity index (χ4v) is 3.54. The highest BCUT2D eigenvalue weighted by atomic mass is 32.1. The number of carbonyl (C=O) groups is 3. The number of hydrogen-bond donors (Lipinski definition) is 2. The first kappa shape index (κ1) is 18.2. The SMILES string of the molecule is CCN1CCN(C(=O)NCC(O)(c2ccsc2)c2ccco2)C(=O)C1=O. The van der Waals surface area contributed by atoms with E-state index in [4.69, 9.17) is 4.42 Å². The van der Waals surface area contributed by atoms with E-state index in [0.717, 1.165) is 4.90 Å². The molecule has 1 saturated heterocycles. The van der Waals surface area contributed by atoms with Gasteiger partial charge >= 0.3 is 17.8 Å². The van der Waals surface area contributed by atoms with Crippen LogP contribution in [0.1, 0.15) is 18.2 Å². The topological polar surface area (TPSA) is 103 Å². The Balaban J connectivity index is 1.73. The number of hydrogen-bond acceptors (Lipinski definition) is 6. The lowest BCUT2D eigenvalue weighted by Gasteiger charge is -2.33. The van der Waals surface area contributed by atoms with Crippen LogP contribution in [0.3, 0.4) is 0 Å². The van der Waals surface area contributed by atoms with Gasteiger partial charge in [0.05, 0.1) is 12.8 Å². The van der Waals surface area contributed by atoms with Gasteiger partial charge in [0.2, 0.25) is 0 Å². The van der Waals surface area contributed by atoms with Gasteiger partial charge in [-0.05, 0) is 35.9 Å². The fourth-order valence-electron chi connectivity index (χ4n) is 2.81. The van der Waals surface area contributed by atoms with Crippen LogP contribution in [0.2, 0.25) is 0 Å². The quantitative estimate of drug-likeness (QED) is 0.756. The van der Waals surface area contributed by atoms with Crippen molar-refractivity contribution in [2.75, 3.05) is 26.2 Å². The van der Waals surface area contributed by atoms with Gasteiger partial charge in [0, 0.05) is 25.2 Å². The third-order valence-electron chi connectivity index (χ3n) is 4.36. The molecule has 2 N–H and O–H groups in total. The van der Waals surface area contributed by atoms with Gasteiger partial charge in [-0.2, -0.15) is 11.3 Å². The van der Waals surface area contributed by atoms with Crippen molar-refractivity contribution < 1.29 is 23.9 Å². The summed E-state index contributed by atoms with van der Waals surface area (Å²) in [5.41, 5.74) is -1.01. The molecule has 1 aliphatic heterocycles. The van der Waals surface area contributed by atoms with Crippen LogP contribution in [-0.2, 0) is 15.2 Å². The molecule has 3 heterocycles. The Morgan fingerprint density at radius 3 is 2.77 bits per heavy atom. The Bertz CT molecular complexity index is 753.